The van der Waals surface area contributed by atoms with E-state index in [1.165, 1.54) is 0 Å². The van der Waals surface area contributed by atoms with E-state index in [4.69, 9.17) is 14.2 Å². The second kappa shape index (κ2) is 10.2. The van der Waals surface area contributed by atoms with E-state index >= 15 is 0 Å². The lowest BCUT2D eigenvalue weighted by Crippen LogP contribution is -2.31. The molecule has 0 aromatic heterocycles. The molecule has 2 atom stereocenters. The fourth-order valence-corrected chi connectivity index (χ4v) is 1.77. The summed E-state index contributed by atoms with van der Waals surface area (Å²) in [7, 11) is 0. The lowest BCUT2D eigenvalue weighted by Gasteiger charge is -2.20. The van der Waals surface area contributed by atoms with Crippen molar-refractivity contribution in [3.8, 4) is 0 Å². The summed E-state index contributed by atoms with van der Waals surface area (Å²) in [6, 6.07) is 0. The van der Waals surface area contributed by atoms with Gasteiger partial charge in [0.1, 0.15) is 0 Å². The Bertz CT molecular complexity index is 326. The van der Waals surface area contributed by atoms with Crippen molar-refractivity contribution < 1.29 is 28.6 Å². The summed E-state index contributed by atoms with van der Waals surface area (Å²) in [5.41, 5.74) is 0. The number of carbonyl (C=O) groups excluding carboxylic acids is 3. The van der Waals surface area contributed by atoms with Crippen molar-refractivity contribution in [1.29, 1.82) is 0 Å². The highest BCUT2D eigenvalue weighted by Crippen LogP contribution is 2.21. The van der Waals surface area contributed by atoms with Crippen LogP contribution in [0.1, 0.15) is 40.5 Å². The van der Waals surface area contributed by atoms with Crippen molar-refractivity contribution in [1.82, 2.24) is 0 Å². The molecule has 0 radical (unpaired) electrons. The fraction of sp³-hybridized carbons (Fsp3) is 0.786. The van der Waals surface area contributed by atoms with Gasteiger partial charge in [-0.15, -0.1) is 0 Å². The van der Waals surface area contributed by atoms with Gasteiger partial charge in [-0.1, -0.05) is 6.92 Å². The summed E-state index contributed by atoms with van der Waals surface area (Å²) < 4.78 is 14.7. The number of ether oxygens (including phenoxy) is 3. The van der Waals surface area contributed by atoms with Gasteiger partial charge in [-0.05, 0) is 27.2 Å². The number of esters is 3. The molecule has 20 heavy (non-hydrogen) atoms. The van der Waals surface area contributed by atoms with Gasteiger partial charge in [0.15, 0.2) is 0 Å². The van der Waals surface area contributed by atoms with Gasteiger partial charge in [-0.3, -0.25) is 14.4 Å². The maximum absolute atomic E-state index is 11.9. The Morgan fingerprint density at radius 1 is 0.850 bits per heavy atom. The van der Waals surface area contributed by atoms with E-state index in [2.05, 4.69) is 0 Å². The van der Waals surface area contributed by atoms with Gasteiger partial charge in [0.2, 0.25) is 0 Å². The molecular formula is C14H24O6. The standard InChI is InChI=1S/C14H24O6/c1-5-18-12(15)9-8-11(14(17)20-7-3)10(4)13(16)19-6-2/h10-11H,5-9H2,1-4H3. The molecular weight excluding hydrogens is 264 g/mol. The monoisotopic (exact) mass is 288 g/mol. The Balaban J connectivity index is 4.67. The minimum absolute atomic E-state index is 0.0705. The molecule has 0 aromatic carbocycles. The first kappa shape index (κ1) is 18.4. The SMILES string of the molecule is CCOC(=O)CCC(C(=O)OCC)C(C)C(=O)OCC. The van der Waals surface area contributed by atoms with Crippen LogP contribution in [-0.2, 0) is 28.6 Å². The van der Waals surface area contributed by atoms with E-state index in [0.717, 1.165) is 0 Å². The van der Waals surface area contributed by atoms with Gasteiger partial charge >= 0.3 is 17.9 Å². The topological polar surface area (TPSA) is 78.9 Å². The molecule has 6 nitrogen and oxygen atoms in total. The van der Waals surface area contributed by atoms with Crippen LogP contribution in [0.25, 0.3) is 0 Å². The first-order chi connectivity index (χ1) is 9.47. The van der Waals surface area contributed by atoms with Crippen LogP contribution >= 0.6 is 0 Å². The molecule has 0 aliphatic rings. The molecule has 0 fully saturated rings. The first-order valence-corrected chi connectivity index (χ1v) is 6.96. The Morgan fingerprint density at radius 3 is 1.85 bits per heavy atom. The quantitative estimate of drug-likeness (QED) is 0.474. The van der Waals surface area contributed by atoms with E-state index in [0.29, 0.717) is 0 Å². The lowest BCUT2D eigenvalue weighted by molar-refractivity contribution is -0.160. The number of hydrogen-bond acceptors (Lipinski definition) is 6. The summed E-state index contributed by atoms with van der Waals surface area (Å²) in [5, 5.41) is 0. The fourth-order valence-electron chi connectivity index (χ4n) is 1.77. The van der Waals surface area contributed by atoms with Crippen LogP contribution < -0.4 is 0 Å². The molecule has 6 heteroatoms. The van der Waals surface area contributed by atoms with Crippen LogP contribution in [0.15, 0.2) is 0 Å². The highest BCUT2D eigenvalue weighted by molar-refractivity contribution is 5.82. The van der Waals surface area contributed by atoms with Crippen molar-refractivity contribution in [2.24, 2.45) is 11.8 Å². The highest BCUT2D eigenvalue weighted by atomic mass is 16.5. The maximum atomic E-state index is 11.9. The third-order valence-corrected chi connectivity index (χ3v) is 2.82. The van der Waals surface area contributed by atoms with Gasteiger partial charge < -0.3 is 14.2 Å². The summed E-state index contributed by atoms with van der Waals surface area (Å²) in [6.07, 6.45) is 0.277. The van der Waals surface area contributed by atoms with Crippen LogP contribution in [-0.4, -0.2) is 37.7 Å². The smallest absolute Gasteiger partial charge is 0.309 e. The zero-order valence-electron chi connectivity index (χ0n) is 12.6. The molecule has 116 valence electrons. The van der Waals surface area contributed by atoms with E-state index in [9.17, 15) is 14.4 Å². The van der Waals surface area contributed by atoms with Gasteiger partial charge in [0.05, 0.1) is 31.7 Å². The van der Waals surface area contributed by atoms with E-state index in [1.54, 1.807) is 27.7 Å². The minimum Gasteiger partial charge on any atom is -0.466 e. The molecule has 0 aromatic rings. The number of rotatable bonds is 9. The normalized spacial score (nSPS) is 13.2. The first-order valence-electron chi connectivity index (χ1n) is 6.96. The Labute approximate surface area is 119 Å². The Morgan fingerprint density at radius 2 is 1.35 bits per heavy atom. The Kier molecular flexibility index (Phi) is 9.41. The molecule has 0 rings (SSSR count). The maximum Gasteiger partial charge on any atom is 0.309 e. The van der Waals surface area contributed by atoms with E-state index in [-0.39, 0.29) is 32.7 Å². The third kappa shape index (κ3) is 6.54. The summed E-state index contributed by atoms with van der Waals surface area (Å²) in [4.78, 5) is 35.0. The van der Waals surface area contributed by atoms with Crippen LogP contribution in [0.4, 0.5) is 0 Å². The van der Waals surface area contributed by atoms with Gasteiger partial charge in [0.25, 0.3) is 0 Å². The second-order valence-corrected chi connectivity index (χ2v) is 4.24. The predicted octanol–water partition coefficient (Wildman–Crippen LogP) is 1.71. The molecule has 0 amide bonds. The van der Waals surface area contributed by atoms with Crippen molar-refractivity contribution in [2.45, 2.75) is 40.5 Å². The average molecular weight is 288 g/mol. The van der Waals surface area contributed by atoms with E-state index in [1.807, 2.05) is 0 Å². The van der Waals surface area contributed by atoms with Crippen LogP contribution in [0.5, 0.6) is 0 Å². The predicted molar refractivity (Wildman–Crippen MR) is 71.8 cm³/mol. The number of hydrogen-bond donors (Lipinski definition) is 0. The lowest BCUT2D eigenvalue weighted by atomic mass is 9.89. The highest BCUT2D eigenvalue weighted by Gasteiger charge is 2.32. The van der Waals surface area contributed by atoms with Crippen LogP contribution in [0.2, 0.25) is 0 Å². The van der Waals surface area contributed by atoms with Crippen molar-refractivity contribution in [3.63, 3.8) is 0 Å². The minimum atomic E-state index is -0.696. The second-order valence-electron chi connectivity index (χ2n) is 4.24. The molecule has 0 aliphatic heterocycles. The summed E-state index contributed by atoms with van der Waals surface area (Å²) >= 11 is 0. The molecule has 0 bridgehead atoms. The van der Waals surface area contributed by atoms with Crippen molar-refractivity contribution in [3.05, 3.63) is 0 Å². The molecule has 2 unspecified atom stereocenters. The molecule has 0 spiro atoms. The zero-order valence-corrected chi connectivity index (χ0v) is 12.6. The molecule has 0 aliphatic carbocycles. The van der Waals surface area contributed by atoms with Crippen molar-refractivity contribution in [2.75, 3.05) is 19.8 Å². The molecule has 0 N–H and O–H groups in total. The summed E-state index contributed by atoms with van der Waals surface area (Å²) in [5.74, 6) is -2.69. The zero-order chi connectivity index (χ0) is 15.5. The largest absolute Gasteiger partial charge is 0.466 e. The van der Waals surface area contributed by atoms with Gasteiger partial charge in [-0.25, -0.2) is 0 Å². The van der Waals surface area contributed by atoms with Crippen molar-refractivity contribution >= 4 is 17.9 Å². The van der Waals surface area contributed by atoms with E-state index < -0.39 is 29.7 Å². The van der Waals surface area contributed by atoms with Crippen LogP contribution in [0.3, 0.4) is 0 Å². The molecule has 0 saturated heterocycles. The number of carbonyl (C=O) groups is 3. The van der Waals surface area contributed by atoms with Gasteiger partial charge in [-0.2, -0.15) is 0 Å². The Hall–Kier alpha value is -1.59. The molecule has 0 heterocycles. The third-order valence-electron chi connectivity index (χ3n) is 2.82. The molecule has 0 saturated carbocycles. The van der Waals surface area contributed by atoms with Gasteiger partial charge in [0, 0.05) is 6.42 Å². The van der Waals surface area contributed by atoms with Crippen LogP contribution in [0, 0.1) is 11.8 Å². The average Bonchev–Trinajstić information content (AvgIpc) is 2.39. The summed E-state index contributed by atoms with van der Waals surface area (Å²) in [6.45, 7) is 7.46.